The molecule has 7 heteroatoms. The fraction of sp³-hybridized carbons (Fsp3) is 0.121. The van der Waals surface area contributed by atoms with Crippen molar-refractivity contribution in [1.82, 2.24) is 14.5 Å². The van der Waals surface area contributed by atoms with Gasteiger partial charge in [0.2, 0.25) is 0 Å². The Balaban J connectivity index is 1.59. The van der Waals surface area contributed by atoms with Crippen molar-refractivity contribution in [3.8, 4) is 12.1 Å². The van der Waals surface area contributed by atoms with Gasteiger partial charge in [0.1, 0.15) is 6.07 Å². The monoisotopic (exact) mass is 521 g/mol. The summed E-state index contributed by atoms with van der Waals surface area (Å²) in [4.78, 5) is 13.6. The van der Waals surface area contributed by atoms with Crippen molar-refractivity contribution in [2.75, 3.05) is 0 Å². The number of pyridine rings is 1. The Morgan fingerprint density at radius 1 is 1.00 bits per heavy atom. The number of rotatable bonds is 7. The van der Waals surface area contributed by atoms with Gasteiger partial charge in [-0.05, 0) is 77.9 Å². The highest BCUT2D eigenvalue weighted by atomic mass is 15.0. The molecule has 0 spiro atoms. The lowest BCUT2D eigenvalue weighted by Crippen LogP contribution is -2.09. The Morgan fingerprint density at radius 3 is 2.40 bits per heavy atom. The van der Waals surface area contributed by atoms with E-state index in [-0.39, 0.29) is 5.92 Å². The second-order valence-electron chi connectivity index (χ2n) is 9.54. The van der Waals surface area contributed by atoms with Gasteiger partial charge >= 0.3 is 0 Å². The van der Waals surface area contributed by atoms with Crippen LogP contribution in [0.1, 0.15) is 50.7 Å². The van der Waals surface area contributed by atoms with E-state index in [1.54, 1.807) is 18.6 Å². The number of allylic oxidation sites excluding steroid dienone is 1. The summed E-state index contributed by atoms with van der Waals surface area (Å²) in [5, 5.41) is 20.5. The second-order valence-corrected chi connectivity index (χ2v) is 9.54. The smallest absolute Gasteiger partial charge is 0.100 e. The van der Waals surface area contributed by atoms with E-state index in [4.69, 9.17) is 10.7 Å². The molecule has 2 N–H and O–H groups in total. The predicted octanol–water partition coefficient (Wildman–Crippen LogP) is 5.97. The molecule has 2 heterocycles. The molecule has 40 heavy (non-hydrogen) atoms. The molecule has 0 aliphatic heterocycles. The summed E-state index contributed by atoms with van der Waals surface area (Å²) in [7, 11) is 1.97. The zero-order valence-corrected chi connectivity index (χ0v) is 22.3. The second kappa shape index (κ2) is 11.5. The van der Waals surface area contributed by atoms with Gasteiger partial charge in [-0.15, -0.1) is 0 Å². The van der Waals surface area contributed by atoms with Crippen molar-refractivity contribution < 1.29 is 0 Å². The van der Waals surface area contributed by atoms with E-state index >= 15 is 0 Å². The SMILES string of the molecule is Cc1nc2ccc(C(c3ccc(C#N)cc3)c3cncn3C)cc2c(C#N)c1Cc1ccc(N=CC=CN)cc1. The number of aliphatic imine (C=N–C) groups is 1. The fourth-order valence-corrected chi connectivity index (χ4v) is 4.98. The molecule has 194 valence electrons. The number of fused-ring (bicyclic) bond motifs is 1. The van der Waals surface area contributed by atoms with Gasteiger partial charge in [0, 0.05) is 42.7 Å². The summed E-state index contributed by atoms with van der Waals surface area (Å²) in [5.41, 5.74) is 14.1. The molecule has 3 aromatic carbocycles. The molecule has 1 atom stereocenters. The van der Waals surface area contributed by atoms with Gasteiger partial charge < -0.3 is 10.3 Å². The van der Waals surface area contributed by atoms with Crippen LogP contribution in [0.15, 0.2) is 96.5 Å². The van der Waals surface area contributed by atoms with E-state index in [0.29, 0.717) is 17.5 Å². The Bertz CT molecular complexity index is 1810. The molecular weight excluding hydrogens is 494 g/mol. The number of nitrogens with two attached hydrogens (primary N) is 1. The highest BCUT2D eigenvalue weighted by Crippen LogP contribution is 2.35. The normalized spacial score (nSPS) is 12.1. The van der Waals surface area contributed by atoms with Crippen molar-refractivity contribution in [1.29, 1.82) is 10.5 Å². The van der Waals surface area contributed by atoms with Gasteiger partial charge in [-0.2, -0.15) is 10.5 Å². The van der Waals surface area contributed by atoms with E-state index in [1.165, 1.54) is 6.20 Å². The van der Waals surface area contributed by atoms with E-state index in [1.807, 2.05) is 79.3 Å². The molecule has 0 aliphatic carbocycles. The standard InChI is InChI=1S/C33H27N7/c1-22-28(16-23-6-11-27(12-7-23)38-15-3-14-34)30(19-36)29-17-26(10-13-31(29)39-22)33(32-20-37-21-40(32)2)25-8-4-24(18-35)5-9-25/h3-15,17,20-21,33H,16,34H2,1-2H3. The molecule has 0 aliphatic rings. The fourth-order valence-electron chi connectivity index (χ4n) is 4.98. The molecule has 5 aromatic rings. The van der Waals surface area contributed by atoms with Gasteiger partial charge in [-0.3, -0.25) is 9.98 Å². The van der Waals surface area contributed by atoms with Gasteiger partial charge in [0.15, 0.2) is 0 Å². The first-order valence-corrected chi connectivity index (χ1v) is 12.8. The van der Waals surface area contributed by atoms with Crippen LogP contribution < -0.4 is 5.73 Å². The van der Waals surface area contributed by atoms with Crippen LogP contribution in [-0.2, 0) is 13.5 Å². The summed E-state index contributed by atoms with van der Waals surface area (Å²) in [6, 6.07) is 26.3. The molecule has 0 bridgehead atoms. The lowest BCUT2D eigenvalue weighted by atomic mass is 9.86. The average Bonchev–Trinajstić information content (AvgIpc) is 3.40. The van der Waals surface area contributed by atoms with Crippen LogP contribution in [0.3, 0.4) is 0 Å². The van der Waals surface area contributed by atoms with Gasteiger partial charge in [-0.25, -0.2) is 4.98 Å². The lowest BCUT2D eigenvalue weighted by molar-refractivity contribution is 0.793. The van der Waals surface area contributed by atoms with Crippen LogP contribution in [0.25, 0.3) is 10.9 Å². The summed E-state index contributed by atoms with van der Waals surface area (Å²) in [6.45, 7) is 1.95. The number of hydrogen-bond acceptors (Lipinski definition) is 6. The maximum Gasteiger partial charge on any atom is 0.100 e. The third kappa shape index (κ3) is 5.22. The van der Waals surface area contributed by atoms with Crippen molar-refractivity contribution in [2.24, 2.45) is 17.8 Å². The molecule has 1 unspecified atom stereocenters. The number of imidazole rings is 1. The summed E-state index contributed by atoms with van der Waals surface area (Å²) >= 11 is 0. The topological polar surface area (TPSA) is 117 Å². The average molecular weight is 522 g/mol. The molecule has 0 amide bonds. The van der Waals surface area contributed by atoms with E-state index in [0.717, 1.165) is 50.2 Å². The minimum Gasteiger partial charge on any atom is -0.405 e. The van der Waals surface area contributed by atoms with Crippen LogP contribution in [0.5, 0.6) is 0 Å². The number of benzene rings is 3. The number of hydrogen-bond donors (Lipinski definition) is 1. The van der Waals surface area contributed by atoms with Gasteiger partial charge in [0.25, 0.3) is 0 Å². The molecule has 2 aromatic heterocycles. The maximum absolute atomic E-state index is 10.4. The minimum atomic E-state index is -0.136. The summed E-state index contributed by atoms with van der Waals surface area (Å²) in [5.74, 6) is -0.136. The molecule has 0 saturated carbocycles. The Kier molecular flexibility index (Phi) is 7.48. The van der Waals surface area contributed by atoms with Crippen LogP contribution >= 0.6 is 0 Å². The predicted molar refractivity (Wildman–Crippen MR) is 157 cm³/mol. The zero-order valence-electron chi connectivity index (χ0n) is 22.3. The first kappa shape index (κ1) is 26.1. The lowest BCUT2D eigenvalue weighted by Gasteiger charge is -2.20. The van der Waals surface area contributed by atoms with Gasteiger partial charge in [0.05, 0.1) is 40.6 Å². The van der Waals surface area contributed by atoms with Crippen molar-refractivity contribution >= 4 is 22.8 Å². The Morgan fingerprint density at radius 2 is 1.75 bits per heavy atom. The number of aromatic nitrogens is 3. The van der Waals surface area contributed by atoms with Crippen molar-refractivity contribution in [3.63, 3.8) is 0 Å². The number of nitriles is 2. The van der Waals surface area contributed by atoms with Crippen LogP contribution in [0.2, 0.25) is 0 Å². The summed E-state index contributed by atoms with van der Waals surface area (Å²) in [6.07, 6.45) is 8.97. The summed E-state index contributed by atoms with van der Waals surface area (Å²) < 4.78 is 2.00. The number of aryl methyl sites for hydroxylation is 2. The van der Waals surface area contributed by atoms with E-state index in [2.05, 4.69) is 34.2 Å². The molecule has 0 fully saturated rings. The highest BCUT2D eigenvalue weighted by Gasteiger charge is 2.22. The van der Waals surface area contributed by atoms with Crippen molar-refractivity contribution in [3.05, 3.63) is 136 Å². The van der Waals surface area contributed by atoms with E-state index in [9.17, 15) is 10.5 Å². The molecule has 0 radical (unpaired) electrons. The Hall–Kier alpha value is -5.53. The van der Waals surface area contributed by atoms with Crippen molar-refractivity contribution in [2.45, 2.75) is 19.3 Å². The Labute approximate surface area is 233 Å². The molecular formula is C33H27N7. The molecule has 0 saturated heterocycles. The third-order valence-corrected chi connectivity index (χ3v) is 7.02. The van der Waals surface area contributed by atoms with E-state index < -0.39 is 0 Å². The molecule has 7 nitrogen and oxygen atoms in total. The van der Waals surface area contributed by atoms with Crippen LogP contribution in [0, 0.1) is 29.6 Å². The highest BCUT2D eigenvalue weighted by molar-refractivity contribution is 5.87. The van der Waals surface area contributed by atoms with Crippen LogP contribution in [-0.4, -0.2) is 20.7 Å². The third-order valence-electron chi connectivity index (χ3n) is 7.02. The largest absolute Gasteiger partial charge is 0.405 e. The number of nitrogens with zero attached hydrogens (tertiary/aromatic N) is 6. The van der Waals surface area contributed by atoms with Crippen LogP contribution in [0.4, 0.5) is 5.69 Å². The zero-order chi connectivity index (χ0) is 28.1. The van der Waals surface area contributed by atoms with Gasteiger partial charge in [-0.1, -0.05) is 30.3 Å². The molecule has 5 rings (SSSR count). The quantitative estimate of drug-likeness (QED) is 0.265. The maximum atomic E-state index is 10.4. The first-order chi connectivity index (χ1) is 19.5. The first-order valence-electron chi connectivity index (χ1n) is 12.8. The minimum absolute atomic E-state index is 0.136.